The van der Waals surface area contributed by atoms with Crippen molar-refractivity contribution in [3.63, 3.8) is 0 Å². The van der Waals surface area contributed by atoms with E-state index in [-0.39, 0.29) is 24.7 Å². The van der Waals surface area contributed by atoms with E-state index in [4.69, 9.17) is 16.3 Å². The number of halogens is 2. The maximum atomic E-state index is 14.2. The van der Waals surface area contributed by atoms with Gasteiger partial charge in [0.15, 0.2) is 0 Å². The molecule has 34 heavy (non-hydrogen) atoms. The summed E-state index contributed by atoms with van der Waals surface area (Å²) in [6.45, 7) is 4.12. The topological polar surface area (TPSA) is 78.8 Å². The molecule has 0 aromatic heterocycles. The lowest BCUT2D eigenvalue weighted by Gasteiger charge is -2.38. The number of carbonyl (C=O) groups excluding carboxylic acids is 1. The van der Waals surface area contributed by atoms with Crippen LogP contribution in [-0.2, 0) is 23.2 Å². The Morgan fingerprint density at radius 1 is 1.12 bits per heavy atom. The molecule has 0 saturated carbocycles. The second kappa shape index (κ2) is 9.28. The van der Waals surface area contributed by atoms with Gasteiger partial charge in [0.05, 0.1) is 11.2 Å². The van der Waals surface area contributed by atoms with Crippen molar-refractivity contribution < 1.29 is 24.1 Å². The number of hydrogen-bond donors (Lipinski definition) is 3. The summed E-state index contributed by atoms with van der Waals surface area (Å²) in [4.78, 5) is 11.7. The standard InChI is InChI=1S/C27H27ClFNO4/c1-26(23-12-20(29)6-9-24(23)31,15-27(2,33)13-17-4-3-5-19(28)10-17)16-30-21-7-8-22-18(11-21)14-34-25(22)32/h3-12,30-31,33H,13-16H2,1-2H3. The lowest BCUT2D eigenvalue weighted by molar-refractivity contribution is 0.0302. The molecule has 4 rings (SSSR count). The number of phenols is 1. The van der Waals surface area contributed by atoms with E-state index >= 15 is 0 Å². The minimum absolute atomic E-state index is 0.0443. The third-order valence-electron chi connectivity index (χ3n) is 6.22. The SMILES string of the molecule is CC(O)(Cc1cccc(Cl)c1)CC(C)(CNc1ccc2c(c1)COC2=O)c1cc(F)ccc1O. The Morgan fingerprint density at radius 2 is 1.91 bits per heavy atom. The molecule has 0 bridgehead atoms. The van der Waals surface area contributed by atoms with Crippen molar-refractivity contribution in [3.8, 4) is 5.75 Å². The lowest BCUT2D eigenvalue weighted by atomic mass is 9.72. The smallest absolute Gasteiger partial charge is 0.338 e. The number of phenolic OH excluding ortho intramolecular Hbond substituents is 1. The molecule has 0 spiro atoms. The molecular weight excluding hydrogens is 457 g/mol. The molecule has 0 aliphatic carbocycles. The fraction of sp³-hybridized carbons (Fsp3) is 0.296. The second-order valence-corrected chi connectivity index (χ2v) is 9.94. The van der Waals surface area contributed by atoms with Crippen molar-refractivity contribution in [2.24, 2.45) is 0 Å². The van der Waals surface area contributed by atoms with Crippen LogP contribution in [-0.4, -0.2) is 28.3 Å². The van der Waals surface area contributed by atoms with Crippen molar-refractivity contribution in [3.05, 3.63) is 93.8 Å². The van der Waals surface area contributed by atoms with Crippen LogP contribution < -0.4 is 5.32 Å². The number of rotatable bonds is 8. The monoisotopic (exact) mass is 483 g/mol. The Balaban J connectivity index is 1.62. The Labute approximate surface area is 203 Å². The molecule has 3 N–H and O–H groups in total. The Hall–Kier alpha value is -3.09. The van der Waals surface area contributed by atoms with Crippen molar-refractivity contribution in [2.45, 2.75) is 44.3 Å². The van der Waals surface area contributed by atoms with Crippen LogP contribution in [0.1, 0.15) is 47.3 Å². The van der Waals surface area contributed by atoms with Crippen LogP contribution in [0.3, 0.4) is 0 Å². The molecule has 0 fully saturated rings. The summed E-state index contributed by atoms with van der Waals surface area (Å²) in [6.07, 6.45) is 0.556. The van der Waals surface area contributed by atoms with E-state index in [0.29, 0.717) is 29.1 Å². The van der Waals surface area contributed by atoms with Crippen molar-refractivity contribution >= 4 is 23.3 Å². The average molecular weight is 484 g/mol. The zero-order chi connectivity index (χ0) is 24.5. The summed E-state index contributed by atoms with van der Waals surface area (Å²) < 4.78 is 19.3. The van der Waals surface area contributed by atoms with Gasteiger partial charge in [0.25, 0.3) is 0 Å². The third-order valence-corrected chi connectivity index (χ3v) is 6.46. The van der Waals surface area contributed by atoms with Gasteiger partial charge in [0.1, 0.15) is 18.2 Å². The molecule has 1 aliphatic rings. The number of ether oxygens (including phenoxy) is 1. The molecule has 0 saturated heterocycles. The number of hydrogen-bond acceptors (Lipinski definition) is 5. The molecule has 0 radical (unpaired) electrons. The highest BCUT2D eigenvalue weighted by molar-refractivity contribution is 6.30. The summed E-state index contributed by atoms with van der Waals surface area (Å²) in [7, 11) is 0. The van der Waals surface area contributed by atoms with Gasteiger partial charge in [-0.25, -0.2) is 9.18 Å². The summed E-state index contributed by atoms with van der Waals surface area (Å²) in [6, 6.07) is 16.5. The van der Waals surface area contributed by atoms with Crippen LogP contribution in [0.5, 0.6) is 5.75 Å². The largest absolute Gasteiger partial charge is 0.508 e. The fourth-order valence-corrected chi connectivity index (χ4v) is 4.99. The van der Waals surface area contributed by atoms with Crippen LogP contribution in [0, 0.1) is 5.82 Å². The van der Waals surface area contributed by atoms with E-state index in [1.807, 2.05) is 25.1 Å². The summed E-state index contributed by atoms with van der Waals surface area (Å²) >= 11 is 6.11. The second-order valence-electron chi connectivity index (χ2n) is 9.50. The van der Waals surface area contributed by atoms with Gasteiger partial charge < -0.3 is 20.3 Å². The van der Waals surface area contributed by atoms with Gasteiger partial charge in [0, 0.05) is 40.2 Å². The summed E-state index contributed by atoms with van der Waals surface area (Å²) in [5, 5.41) is 25.9. The normalized spacial score (nSPS) is 16.3. The fourth-order valence-electron chi connectivity index (χ4n) is 4.77. The number of aliphatic hydroxyl groups is 1. The number of carbonyl (C=O) groups is 1. The van der Waals surface area contributed by atoms with E-state index in [0.717, 1.165) is 16.8 Å². The first-order valence-electron chi connectivity index (χ1n) is 11.0. The van der Waals surface area contributed by atoms with Crippen LogP contribution in [0.25, 0.3) is 0 Å². The number of fused-ring (bicyclic) bond motifs is 1. The van der Waals surface area contributed by atoms with Crippen LogP contribution in [0.2, 0.25) is 5.02 Å². The minimum Gasteiger partial charge on any atom is -0.508 e. The Kier molecular flexibility index (Phi) is 6.56. The van der Waals surface area contributed by atoms with Gasteiger partial charge in [-0.05, 0) is 67.4 Å². The van der Waals surface area contributed by atoms with Gasteiger partial charge in [-0.2, -0.15) is 0 Å². The van der Waals surface area contributed by atoms with Crippen LogP contribution >= 0.6 is 11.6 Å². The molecule has 5 nitrogen and oxygen atoms in total. The molecule has 178 valence electrons. The van der Waals surface area contributed by atoms with Gasteiger partial charge in [-0.1, -0.05) is 30.7 Å². The molecule has 2 atom stereocenters. The first-order valence-corrected chi connectivity index (χ1v) is 11.4. The Bertz CT molecular complexity index is 1230. The first kappa shape index (κ1) is 24.0. The van der Waals surface area contributed by atoms with E-state index < -0.39 is 16.8 Å². The summed E-state index contributed by atoms with van der Waals surface area (Å²) in [5.41, 5.74) is 1.33. The van der Waals surface area contributed by atoms with Gasteiger partial charge >= 0.3 is 5.97 Å². The predicted molar refractivity (Wildman–Crippen MR) is 130 cm³/mol. The molecule has 1 aliphatic heterocycles. The predicted octanol–water partition coefficient (Wildman–Crippen LogP) is 5.61. The van der Waals surface area contributed by atoms with Crippen molar-refractivity contribution in [1.82, 2.24) is 0 Å². The van der Waals surface area contributed by atoms with E-state index in [2.05, 4.69) is 5.32 Å². The molecule has 2 unspecified atom stereocenters. The zero-order valence-corrected chi connectivity index (χ0v) is 19.8. The number of esters is 1. The molecule has 3 aromatic rings. The summed E-state index contributed by atoms with van der Waals surface area (Å²) in [5.74, 6) is -0.855. The van der Waals surface area contributed by atoms with Crippen molar-refractivity contribution in [1.29, 1.82) is 0 Å². The third kappa shape index (κ3) is 5.34. The molecule has 1 heterocycles. The molecule has 0 amide bonds. The highest BCUT2D eigenvalue weighted by Crippen LogP contribution is 2.39. The number of anilines is 1. The van der Waals surface area contributed by atoms with Gasteiger partial charge in [-0.15, -0.1) is 0 Å². The number of cyclic esters (lactones) is 1. The minimum atomic E-state index is -1.18. The molecule has 3 aromatic carbocycles. The van der Waals surface area contributed by atoms with Gasteiger partial charge in [0.2, 0.25) is 0 Å². The van der Waals surface area contributed by atoms with Gasteiger partial charge in [-0.3, -0.25) is 0 Å². The molecular formula is C27H27ClFNO4. The maximum absolute atomic E-state index is 14.2. The first-order chi connectivity index (χ1) is 16.0. The quantitative estimate of drug-likeness (QED) is 0.363. The lowest BCUT2D eigenvalue weighted by Crippen LogP contribution is -2.41. The maximum Gasteiger partial charge on any atom is 0.338 e. The van der Waals surface area contributed by atoms with Crippen molar-refractivity contribution in [2.75, 3.05) is 11.9 Å². The highest BCUT2D eigenvalue weighted by Gasteiger charge is 2.38. The van der Waals surface area contributed by atoms with Crippen LogP contribution in [0.4, 0.5) is 10.1 Å². The van der Waals surface area contributed by atoms with Crippen LogP contribution in [0.15, 0.2) is 60.7 Å². The van der Waals surface area contributed by atoms with E-state index in [1.165, 1.54) is 18.2 Å². The van der Waals surface area contributed by atoms with E-state index in [9.17, 15) is 19.4 Å². The average Bonchev–Trinajstić information content (AvgIpc) is 3.13. The highest BCUT2D eigenvalue weighted by atomic mass is 35.5. The number of nitrogens with one attached hydrogen (secondary N) is 1. The van der Waals surface area contributed by atoms with E-state index in [1.54, 1.807) is 31.2 Å². The molecule has 7 heteroatoms. The number of benzene rings is 3. The zero-order valence-electron chi connectivity index (χ0n) is 19.1. The number of aromatic hydroxyl groups is 1. The Morgan fingerprint density at radius 3 is 2.68 bits per heavy atom.